The van der Waals surface area contributed by atoms with E-state index in [9.17, 15) is 18.5 Å². The molecule has 1 aromatic rings. The molecule has 5 nitrogen and oxygen atoms in total. The summed E-state index contributed by atoms with van der Waals surface area (Å²) in [5.74, 6) is 0. The van der Waals surface area contributed by atoms with E-state index in [1.807, 2.05) is 0 Å². The van der Waals surface area contributed by atoms with Crippen LogP contribution in [0.15, 0.2) is 35.1 Å². The fraction of sp³-hybridized carbons (Fsp3) is 0.111. The highest BCUT2D eigenvalue weighted by molar-refractivity contribution is 7.94. The van der Waals surface area contributed by atoms with Crippen molar-refractivity contribution in [3.8, 4) is 0 Å². The lowest BCUT2D eigenvalue weighted by Crippen LogP contribution is -2.01. The van der Waals surface area contributed by atoms with Gasteiger partial charge in [0.25, 0.3) is 5.69 Å². The molecular formula is C9H9NO4S. The fourth-order valence-corrected chi connectivity index (χ4v) is 2.18. The van der Waals surface area contributed by atoms with E-state index >= 15 is 0 Å². The van der Waals surface area contributed by atoms with Gasteiger partial charge in [0, 0.05) is 17.0 Å². The second kappa shape index (κ2) is 3.82. The molecule has 0 amide bonds. The highest BCUT2D eigenvalue weighted by Crippen LogP contribution is 2.25. The number of hydrogen-bond acceptors (Lipinski definition) is 4. The van der Waals surface area contributed by atoms with Crippen LogP contribution >= 0.6 is 0 Å². The molecule has 1 aromatic carbocycles. The maximum Gasteiger partial charge on any atom is 0.273 e. The SMILES string of the molecule is C=CS(=O)(=O)c1cccc([N+](=O)[O-])c1C. The number of benzene rings is 1. The van der Waals surface area contributed by atoms with Crippen molar-refractivity contribution in [3.63, 3.8) is 0 Å². The van der Waals surface area contributed by atoms with Crippen LogP contribution in [-0.2, 0) is 9.84 Å². The summed E-state index contributed by atoms with van der Waals surface area (Å²) in [5.41, 5.74) is -0.0830. The first-order valence-electron chi connectivity index (χ1n) is 4.01. The first kappa shape index (κ1) is 11.4. The van der Waals surface area contributed by atoms with E-state index in [2.05, 4.69) is 6.58 Å². The van der Waals surface area contributed by atoms with Gasteiger partial charge in [-0.1, -0.05) is 12.6 Å². The Hall–Kier alpha value is -1.69. The molecule has 0 aliphatic rings. The van der Waals surface area contributed by atoms with Gasteiger partial charge in [0.2, 0.25) is 0 Å². The monoisotopic (exact) mass is 227 g/mol. The summed E-state index contributed by atoms with van der Waals surface area (Å²) in [4.78, 5) is 9.88. The first-order chi connectivity index (χ1) is 6.90. The van der Waals surface area contributed by atoms with E-state index in [0.717, 1.165) is 5.41 Å². The van der Waals surface area contributed by atoms with Gasteiger partial charge in [0.05, 0.1) is 9.82 Å². The van der Waals surface area contributed by atoms with Gasteiger partial charge in [-0.2, -0.15) is 0 Å². The summed E-state index contributed by atoms with van der Waals surface area (Å²) < 4.78 is 22.9. The Balaban J connectivity index is 3.54. The van der Waals surface area contributed by atoms with E-state index in [1.54, 1.807) is 0 Å². The summed E-state index contributed by atoms with van der Waals surface area (Å²) >= 11 is 0. The van der Waals surface area contributed by atoms with E-state index in [0.29, 0.717) is 0 Å². The molecule has 1 rings (SSSR count). The van der Waals surface area contributed by atoms with Crippen LogP contribution in [0.3, 0.4) is 0 Å². The molecule has 0 unspecified atom stereocenters. The van der Waals surface area contributed by atoms with Gasteiger partial charge < -0.3 is 0 Å². The minimum absolute atomic E-state index is 0.0771. The smallest absolute Gasteiger partial charge is 0.258 e. The molecule has 0 fully saturated rings. The minimum atomic E-state index is -3.63. The molecule has 0 aliphatic carbocycles. The number of hydrogen-bond donors (Lipinski definition) is 0. The molecule has 0 bridgehead atoms. The van der Waals surface area contributed by atoms with Crippen molar-refractivity contribution in [2.24, 2.45) is 0 Å². The van der Waals surface area contributed by atoms with Crippen molar-refractivity contribution in [2.45, 2.75) is 11.8 Å². The van der Waals surface area contributed by atoms with Gasteiger partial charge in [0.15, 0.2) is 9.84 Å². The zero-order valence-corrected chi connectivity index (χ0v) is 8.82. The molecule has 0 aromatic heterocycles. The molecule has 0 saturated carbocycles. The molecule has 80 valence electrons. The Morgan fingerprint density at radius 2 is 2.07 bits per heavy atom. The number of nitro groups is 1. The van der Waals surface area contributed by atoms with E-state index < -0.39 is 14.8 Å². The second-order valence-corrected chi connectivity index (χ2v) is 4.73. The summed E-state index contributed by atoms with van der Waals surface area (Å²) in [5, 5.41) is 11.4. The van der Waals surface area contributed by atoms with Crippen LogP contribution in [0.1, 0.15) is 5.56 Å². The number of sulfone groups is 1. The van der Waals surface area contributed by atoms with Gasteiger partial charge in [0.1, 0.15) is 0 Å². The van der Waals surface area contributed by atoms with Crippen molar-refractivity contribution in [1.29, 1.82) is 0 Å². The number of nitro benzene ring substituents is 1. The van der Waals surface area contributed by atoms with Crippen molar-refractivity contribution >= 4 is 15.5 Å². The summed E-state index contributed by atoms with van der Waals surface area (Å²) in [6, 6.07) is 3.91. The van der Waals surface area contributed by atoms with Gasteiger partial charge in [-0.3, -0.25) is 10.1 Å². The summed E-state index contributed by atoms with van der Waals surface area (Å²) in [6.07, 6.45) is 0. The average molecular weight is 227 g/mol. The first-order valence-corrected chi connectivity index (χ1v) is 5.56. The van der Waals surface area contributed by atoms with Crippen molar-refractivity contribution in [3.05, 3.63) is 45.9 Å². The molecule has 15 heavy (non-hydrogen) atoms. The molecule has 0 aliphatic heterocycles. The van der Waals surface area contributed by atoms with Crippen LogP contribution in [0.5, 0.6) is 0 Å². The predicted octanol–water partition coefficient (Wildman–Crippen LogP) is 1.82. The summed E-state index contributed by atoms with van der Waals surface area (Å²) in [6.45, 7) is 4.56. The maximum atomic E-state index is 11.5. The van der Waals surface area contributed by atoms with Crippen molar-refractivity contribution < 1.29 is 13.3 Å². The van der Waals surface area contributed by atoms with Gasteiger partial charge in [-0.25, -0.2) is 8.42 Å². The molecule has 6 heteroatoms. The van der Waals surface area contributed by atoms with Gasteiger partial charge in [-0.15, -0.1) is 0 Å². The van der Waals surface area contributed by atoms with Crippen LogP contribution < -0.4 is 0 Å². The predicted molar refractivity (Wildman–Crippen MR) is 55.2 cm³/mol. The molecular weight excluding hydrogens is 218 g/mol. The molecule has 0 heterocycles. The van der Waals surface area contributed by atoms with Crippen LogP contribution in [0.25, 0.3) is 0 Å². The quantitative estimate of drug-likeness (QED) is 0.583. The third kappa shape index (κ3) is 2.04. The van der Waals surface area contributed by atoms with Crippen molar-refractivity contribution in [2.75, 3.05) is 0 Å². The Morgan fingerprint density at radius 1 is 1.47 bits per heavy atom. The Kier molecular flexibility index (Phi) is 2.90. The molecule has 0 saturated heterocycles. The van der Waals surface area contributed by atoms with Gasteiger partial charge >= 0.3 is 0 Å². The maximum absolute atomic E-state index is 11.5. The van der Waals surface area contributed by atoms with E-state index in [1.165, 1.54) is 25.1 Å². The van der Waals surface area contributed by atoms with Crippen LogP contribution in [0.2, 0.25) is 0 Å². The zero-order chi connectivity index (χ0) is 11.6. The zero-order valence-electron chi connectivity index (χ0n) is 8.00. The van der Waals surface area contributed by atoms with E-state index in [-0.39, 0.29) is 16.1 Å². The molecule has 0 N–H and O–H groups in total. The third-order valence-electron chi connectivity index (χ3n) is 1.98. The minimum Gasteiger partial charge on any atom is -0.258 e. The molecule has 0 radical (unpaired) electrons. The summed E-state index contributed by atoms with van der Waals surface area (Å²) in [7, 11) is -3.63. The Labute approximate surface area is 87.1 Å². The lowest BCUT2D eigenvalue weighted by Gasteiger charge is -2.03. The number of rotatable bonds is 3. The van der Waals surface area contributed by atoms with E-state index in [4.69, 9.17) is 0 Å². The standard InChI is InChI=1S/C9H9NO4S/c1-3-15(13,14)9-6-4-5-8(7(9)2)10(11)12/h3-6H,1H2,2H3. The van der Waals surface area contributed by atoms with Crippen LogP contribution in [0.4, 0.5) is 5.69 Å². The molecule has 0 spiro atoms. The topological polar surface area (TPSA) is 77.3 Å². The van der Waals surface area contributed by atoms with Crippen LogP contribution in [-0.4, -0.2) is 13.3 Å². The fourth-order valence-electron chi connectivity index (χ4n) is 1.20. The Morgan fingerprint density at radius 3 is 2.53 bits per heavy atom. The highest BCUT2D eigenvalue weighted by atomic mass is 32.2. The highest BCUT2D eigenvalue weighted by Gasteiger charge is 2.20. The third-order valence-corrected chi connectivity index (χ3v) is 3.47. The Bertz CT molecular complexity index is 519. The largest absolute Gasteiger partial charge is 0.273 e. The normalized spacial score (nSPS) is 11.0. The second-order valence-electron chi connectivity index (χ2n) is 2.87. The van der Waals surface area contributed by atoms with Crippen molar-refractivity contribution in [1.82, 2.24) is 0 Å². The lowest BCUT2D eigenvalue weighted by molar-refractivity contribution is -0.385. The van der Waals surface area contributed by atoms with Gasteiger partial charge in [-0.05, 0) is 13.0 Å². The molecule has 0 atom stereocenters. The lowest BCUT2D eigenvalue weighted by atomic mass is 10.2. The van der Waals surface area contributed by atoms with Crippen LogP contribution in [0, 0.1) is 17.0 Å². The number of nitrogens with zero attached hydrogens (tertiary/aromatic N) is 1. The average Bonchev–Trinajstić information content (AvgIpc) is 2.17.